The summed E-state index contributed by atoms with van der Waals surface area (Å²) in [6.45, 7) is 1.46. The minimum Gasteiger partial charge on any atom is -0.444 e. The van der Waals surface area contributed by atoms with Gasteiger partial charge in [0.05, 0.1) is 38.0 Å². The van der Waals surface area contributed by atoms with Gasteiger partial charge in [0.25, 0.3) is 43.4 Å². The monoisotopic (exact) mass is 1040 g/mol. The molecular weight excluding hydrogens is 1000 g/mol. The second kappa shape index (κ2) is 20.1. The summed E-state index contributed by atoms with van der Waals surface area (Å²) in [5, 5.41) is 28.4. The summed E-state index contributed by atoms with van der Waals surface area (Å²) in [4.78, 5) is 91.1. The Morgan fingerprint density at radius 2 is 1.05 bits per heavy atom. The molecule has 24 nitrogen and oxygen atoms in total. The molecule has 0 atom stereocenters. The Balaban J connectivity index is 1.17. The van der Waals surface area contributed by atoms with Gasteiger partial charge >= 0.3 is 18.2 Å². The van der Waals surface area contributed by atoms with E-state index in [1.54, 1.807) is 60.7 Å². The Morgan fingerprint density at radius 3 is 1.47 bits per heavy atom. The number of nitrogens with zero attached hydrogens (tertiary/aromatic N) is 4. The van der Waals surface area contributed by atoms with Crippen molar-refractivity contribution in [2.75, 3.05) is 48.5 Å². The van der Waals surface area contributed by atoms with E-state index in [1.165, 1.54) is 14.1 Å². The topological polar surface area (TPSA) is 339 Å². The zero-order valence-corrected chi connectivity index (χ0v) is 40.6. The van der Waals surface area contributed by atoms with E-state index in [9.17, 15) is 61.0 Å². The van der Waals surface area contributed by atoms with Crippen molar-refractivity contribution in [2.24, 2.45) is 0 Å². The second-order valence-electron chi connectivity index (χ2n) is 17.2. The van der Waals surface area contributed by atoms with Gasteiger partial charge in [-0.1, -0.05) is 44.2 Å². The van der Waals surface area contributed by atoms with E-state index in [-0.39, 0.29) is 39.2 Å². The second-order valence-corrected chi connectivity index (χ2v) is 20.4. The lowest BCUT2D eigenvalue weighted by Gasteiger charge is -2.45. The van der Waals surface area contributed by atoms with E-state index >= 15 is 0 Å². The molecule has 0 fully saturated rings. The van der Waals surface area contributed by atoms with Gasteiger partial charge in [-0.25, -0.2) is 14.4 Å². The molecule has 7 rings (SSSR count). The number of fused-ring (bicyclic) bond motifs is 6. The molecule has 2 aliphatic rings. The van der Waals surface area contributed by atoms with Crippen LogP contribution >= 0.6 is 0 Å². The molecule has 1 heterocycles. The summed E-state index contributed by atoms with van der Waals surface area (Å²) in [6, 6.07) is 23.2. The van der Waals surface area contributed by atoms with Gasteiger partial charge in [0.2, 0.25) is 0 Å². The molecule has 0 bridgehead atoms. The lowest BCUT2D eigenvalue weighted by molar-refractivity contribution is -0.386. The van der Waals surface area contributed by atoms with Crippen LogP contribution in [0.3, 0.4) is 0 Å². The molecule has 1 spiro atoms. The number of carbonyl (C=O) groups excluding carboxylic acids is 5. The van der Waals surface area contributed by atoms with Crippen LogP contribution in [-0.4, -0.2) is 104 Å². The molecule has 1 aliphatic heterocycles. The van der Waals surface area contributed by atoms with Crippen LogP contribution in [0.5, 0.6) is 0 Å². The van der Waals surface area contributed by atoms with Gasteiger partial charge in [0.15, 0.2) is 5.60 Å². The number of hydrogen-bond donors (Lipinski definition) is 4. The molecule has 4 N–H and O–H groups in total. The van der Waals surface area contributed by atoms with E-state index in [2.05, 4.69) is 10.6 Å². The minimum atomic E-state index is -4.39. The number of esters is 1. The number of benzene rings is 5. The van der Waals surface area contributed by atoms with Crippen molar-refractivity contribution in [2.45, 2.75) is 38.1 Å². The third kappa shape index (κ3) is 10.8. The fourth-order valence-corrected chi connectivity index (χ4v) is 9.27. The van der Waals surface area contributed by atoms with Crippen molar-refractivity contribution in [1.29, 1.82) is 0 Å². The molecule has 382 valence electrons. The number of nitro groups is 2. The van der Waals surface area contributed by atoms with E-state index in [1.807, 2.05) is 13.8 Å². The van der Waals surface area contributed by atoms with Crippen molar-refractivity contribution in [3.05, 3.63) is 173 Å². The molecule has 1 aliphatic carbocycles. The summed E-state index contributed by atoms with van der Waals surface area (Å²) in [5.74, 6) is -3.81. The Hall–Kier alpha value is -8.33. The van der Waals surface area contributed by atoms with Crippen LogP contribution in [0.25, 0.3) is 0 Å². The number of anilines is 2. The first-order valence-corrected chi connectivity index (χ1v) is 24.9. The quantitative estimate of drug-likeness (QED) is 0.0316. The SMILES string of the molecule is CN(C(=O)OCc1cc(C(=O)NCCS(=O)(=O)O)ccc1[N+](=O)[O-])c1ccc2c(c1)C(C)(C)c1cc(N(C)C(=O)OCc3cc(C(=O)NCCS(=O)(=O)O)ccc3[N+](=O)[O-])ccc1C21OC(=O)c2ccccc21. The van der Waals surface area contributed by atoms with Crippen molar-refractivity contribution in [3.63, 3.8) is 0 Å². The molecular formula is C47H44N6O18S2. The Labute approximate surface area is 415 Å². The van der Waals surface area contributed by atoms with E-state index in [0.717, 1.165) is 46.2 Å². The molecule has 0 unspecified atom stereocenters. The molecule has 26 heteroatoms. The van der Waals surface area contributed by atoms with Gasteiger partial charge in [0.1, 0.15) is 13.2 Å². The zero-order chi connectivity index (χ0) is 53.4. The first kappa shape index (κ1) is 52.5. The van der Waals surface area contributed by atoms with Crippen LogP contribution in [-0.2, 0) is 58.7 Å². The molecule has 5 aromatic rings. The Bertz CT molecular complexity index is 3190. The number of rotatable bonds is 16. The number of carbonyl (C=O) groups is 5. The first-order chi connectivity index (χ1) is 34.2. The van der Waals surface area contributed by atoms with E-state index < -0.39 is 120 Å². The number of nitrogens with one attached hydrogen (secondary N) is 2. The lowest BCUT2D eigenvalue weighted by atomic mass is 9.61. The predicted molar refractivity (Wildman–Crippen MR) is 258 cm³/mol. The molecule has 0 saturated carbocycles. The van der Waals surface area contributed by atoms with Crippen LogP contribution in [0.1, 0.15) is 83.9 Å². The molecule has 73 heavy (non-hydrogen) atoms. The number of ether oxygens (including phenoxy) is 3. The van der Waals surface area contributed by atoms with Crippen molar-refractivity contribution >= 4 is 73.0 Å². The summed E-state index contributed by atoms with van der Waals surface area (Å²) >= 11 is 0. The highest BCUT2D eigenvalue weighted by atomic mass is 32.2. The Kier molecular flexibility index (Phi) is 14.4. The average Bonchev–Trinajstić information content (AvgIpc) is 3.64. The molecule has 0 saturated heterocycles. The number of hydrogen-bond acceptors (Lipinski definition) is 16. The maximum absolute atomic E-state index is 13.7. The van der Waals surface area contributed by atoms with E-state index in [0.29, 0.717) is 27.8 Å². The van der Waals surface area contributed by atoms with Gasteiger partial charge in [-0.05, 0) is 65.7 Å². The average molecular weight is 1050 g/mol. The molecule has 0 aromatic heterocycles. The molecule has 5 aromatic carbocycles. The molecule has 4 amide bonds. The summed E-state index contributed by atoms with van der Waals surface area (Å²) in [5.41, 5.74) is -0.592. The highest BCUT2D eigenvalue weighted by Gasteiger charge is 2.55. The maximum atomic E-state index is 13.7. The molecule has 0 radical (unpaired) electrons. The van der Waals surface area contributed by atoms with Crippen LogP contribution in [0.15, 0.2) is 97.1 Å². The van der Waals surface area contributed by atoms with Crippen LogP contribution in [0.2, 0.25) is 0 Å². The van der Waals surface area contributed by atoms with Crippen LogP contribution in [0, 0.1) is 20.2 Å². The fourth-order valence-electron chi connectivity index (χ4n) is 8.55. The predicted octanol–water partition coefficient (Wildman–Crippen LogP) is 5.39. The smallest absolute Gasteiger partial charge is 0.414 e. The highest BCUT2D eigenvalue weighted by Crippen LogP contribution is 2.57. The standard InChI is InChI=1S/C47H44N6O18S2/c1-46(2)37-23-31(50(3)44(57)69-25-29-21-27(9-15-39(29)52(59)60)41(54)48-17-19-72(63,64)65)11-13-35(37)47(34-8-6-5-7-33(34)43(56)71-47)36-14-12-32(24-38(36)46)51(4)45(58)70-26-30-22-28(10-16-40(30)53(61)62)42(55)49-18-20-73(66,67)68/h5-16,21-24H,17-20,25-26H2,1-4H3,(H,48,54)(H,49,55)(H,63,64,65)(H,66,67,68). The maximum Gasteiger partial charge on any atom is 0.414 e. The summed E-state index contributed by atoms with van der Waals surface area (Å²) in [7, 11) is -6.01. The largest absolute Gasteiger partial charge is 0.444 e. The van der Waals surface area contributed by atoms with Crippen LogP contribution in [0.4, 0.5) is 32.3 Å². The summed E-state index contributed by atoms with van der Waals surface area (Å²) < 4.78 is 79.7. The van der Waals surface area contributed by atoms with Crippen molar-refractivity contribution in [1.82, 2.24) is 10.6 Å². The number of nitro benzene ring substituents is 2. The Morgan fingerprint density at radius 1 is 0.630 bits per heavy atom. The lowest BCUT2D eigenvalue weighted by Crippen LogP contribution is -2.42. The fraction of sp³-hybridized carbons (Fsp3) is 0.255. The van der Waals surface area contributed by atoms with E-state index in [4.69, 9.17) is 23.3 Å². The van der Waals surface area contributed by atoms with Crippen molar-refractivity contribution in [3.8, 4) is 0 Å². The highest BCUT2D eigenvalue weighted by molar-refractivity contribution is 7.86. The minimum absolute atomic E-state index is 0.122. The van der Waals surface area contributed by atoms with Crippen molar-refractivity contribution < 1.29 is 74.0 Å². The third-order valence-electron chi connectivity index (χ3n) is 12.3. The number of amides is 4. The van der Waals surface area contributed by atoms with Gasteiger partial charge in [-0.3, -0.25) is 48.7 Å². The van der Waals surface area contributed by atoms with Gasteiger partial charge in [-0.15, -0.1) is 0 Å². The van der Waals surface area contributed by atoms with Gasteiger partial charge < -0.3 is 24.8 Å². The third-order valence-corrected chi connectivity index (χ3v) is 13.7. The summed E-state index contributed by atoms with van der Waals surface area (Å²) in [6.07, 6.45) is -1.95. The van der Waals surface area contributed by atoms with Gasteiger partial charge in [-0.2, -0.15) is 16.8 Å². The zero-order valence-electron chi connectivity index (χ0n) is 39.0. The van der Waals surface area contributed by atoms with Gasteiger partial charge in [0, 0.05) is 83.9 Å². The first-order valence-electron chi connectivity index (χ1n) is 21.7. The normalized spacial score (nSPS) is 13.9. The van der Waals surface area contributed by atoms with Crippen LogP contribution < -0.4 is 20.4 Å².